The van der Waals surface area contributed by atoms with Gasteiger partial charge in [0.2, 0.25) is 11.8 Å². The molecule has 0 aliphatic carbocycles. The van der Waals surface area contributed by atoms with E-state index in [4.69, 9.17) is 16.3 Å². The topological polar surface area (TPSA) is 58.6 Å². The van der Waals surface area contributed by atoms with Gasteiger partial charge in [0.25, 0.3) is 0 Å². The zero-order chi connectivity index (χ0) is 18.7. The lowest BCUT2D eigenvalue weighted by molar-refractivity contribution is -0.116. The van der Waals surface area contributed by atoms with E-state index in [-0.39, 0.29) is 17.2 Å². The average Bonchev–Trinajstić information content (AvgIpc) is 3.03. The summed E-state index contributed by atoms with van der Waals surface area (Å²) in [4.78, 5) is 26.1. The molecule has 0 saturated carbocycles. The van der Waals surface area contributed by atoms with Gasteiger partial charge in [0.15, 0.2) is 0 Å². The van der Waals surface area contributed by atoms with Crippen molar-refractivity contribution < 1.29 is 14.3 Å². The van der Waals surface area contributed by atoms with Crippen molar-refractivity contribution in [2.75, 3.05) is 23.1 Å². The lowest BCUT2D eigenvalue weighted by Crippen LogP contribution is -2.28. The second-order valence-corrected chi connectivity index (χ2v) is 7.58. The number of anilines is 2. The molecule has 2 aromatic carbocycles. The standard InChI is InChI=1S/C19H19ClN2O3S/c1-12(20)18(24)21-14-6-3-5-13(9-14)19-22(17(23)11-26-19)15-7-4-8-16(10-15)25-2/h3-10,12,19H,11H2,1-2H3,(H,21,24)/t12-,19-/m0/s1. The summed E-state index contributed by atoms with van der Waals surface area (Å²) in [5, 5.41) is 2.00. The normalized spacial score (nSPS) is 17.9. The lowest BCUT2D eigenvalue weighted by Gasteiger charge is -2.25. The highest BCUT2D eigenvalue weighted by Gasteiger charge is 2.34. The molecule has 0 bridgehead atoms. The Kier molecular flexibility index (Phi) is 5.74. The minimum atomic E-state index is -0.616. The summed E-state index contributed by atoms with van der Waals surface area (Å²) in [6, 6.07) is 14.9. The summed E-state index contributed by atoms with van der Waals surface area (Å²) in [5.74, 6) is 0.876. The number of hydrogen-bond donors (Lipinski definition) is 1. The maximum absolute atomic E-state index is 12.5. The van der Waals surface area contributed by atoms with Gasteiger partial charge in [-0.3, -0.25) is 14.5 Å². The SMILES string of the molecule is COc1cccc(N2C(=O)CS[C@H]2c2cccc(NC(=O)[C@H](C)Cl)c2)c1. The van der Waals surface area contributed by atoms with Crippen molar-refractivity contribution in [3.63, 3.8) is 0 Å². The van der Waals surface area contributed by atoms with Crippen molar-refractivity contribution in [1.82, 2.24) is 0 Å². The molecule has 136 valence electrons. The third kappa shape index (κ3) is 3.97. The van der Waals surface area contributed by atoms with Crippen LogP contribution in [-0.2, 0) is 9.59 Å². The Hall–Kier alpha value is -2.18. The van der Waals surface area contributed by atoms with Crippen LogP contribution in [0.15, 0.2) is 48.5 Å². The van der Waals surface area contributed by atoms with Crippen LogP contribution in [0.4, 0.5) is 11.4 Å². The molecule has 5 nitrogen and oxygen atoms in total. The van der Waals surface area contributed by atoms with Crippen LogP contribution < -0.4 is 15.0 Å². The second kappa shape index (κ2) is 8.01. The second-order valence-electron chi connectivity index (χ2n) is 5.86. The Balaban J connectivity index is 1.90. The van der Waals surface area contributed by atoms with Crippen LogP contribution in [0.5, 0.6) is 5.75 Å². The van der Waals surface area contributed by atoms with Gasteiger partial charge in [0, 0.05) is 17.4 Å². The number of nitrogens with one attached hydrogen (secondary N) is 1. The van der Waals surface area contributed by atoms with Gasteiger partial charge in [-0.25, -0.2) is 0 Å². The molecule has 0 unspecified atom stereocenters. The fraction of sp³-hybridized carbons (Fsp3) is 0.263. The first-order chi connectivity index (χ1) is 12.5. The molecule has 1 aliphatic rings. The predicted octanol–water partition coefficient (Wildman–Crippen LogP) is 4.04. The Morgan fingerprint density at radius 3 is 2.81 bits per heavy atom. The highest BCUT2D eigenvalue weighted by Crippen LogP contribution is 2.42. The summed E-state index contributed by atoms with van der Waals surface area (Å²) < 4.78 is 5.27. The molecule has 0 radical (unpaired) electrons. The molecule has 1 heterocycles. The molecule has 0 spiro atoms. The van der Waals surface area contributed by atoms with Crippen LogP contribution >= 0.6 is 23.4 Å². The van der Waals surface area contributed by atoms with Gasteiger partial charge >= 0.3 is 0 Å². The smallest absolute Gasteiger partial charge is 0.242 e. The van der Waals surface area contributed by atoms with Crippen molar-refractivity contribution in [3.05, 3.63) is 54.1 Å². The Morgan fingerprint density at radius 2 is 2.08 bits per heavy atom. The maximum atomic E-state index is 12.5. The van der Waals surface area contributed by atoms with Crippen LogP contribution in [0.1, 0.15) is 17.9 Å². The molecular formula is C19H19ClN2O3S. The zero-order valence-electron chi connectivity index (χ0n) is 14.4. The van der Waals surface area contributed by atoms with E-state index in [9.17, 15) is 9.59 Å². The van der Waals surface area contributed by atoms with Gasteiger partial charge in [0.1, 0.15) is 16.5 Å². The van der Waals surface area contributed by atoms with Crippen molar-refractivity contribution in [2.24, 2.45) is 0 Å². The quantitative estimate of drug-likeness (QED) is 0.783. The molecule has 0 aromatic heterocycles. The summed E-state index contributed by atoms with van der Waals surface area (Å²) in [7, 11) is 1.60. The first kappa shape index (κ1) is 18.6. The molecule has 2 atom stereocenters. The summed E-state index contributed by atoms with van der Waals surface area (Å²) in [6.45, 7) is 1.62. The van der Waals surface area contributed by atoms with Gasteiger partial charge in [-0.15, -0.1) is 23.4 Å². The summed E-state index contributed by atoms with van der Waals surface area (Å²) in [5.41, 5.74) is 2.38. The number of rotatable bonds is 5. The number of benzene rings is 2. The van der Waals surface area contributed by atoms with E-state index in [0.29, 0.717) is 17.2 Å². The number of amides is 2. The molecule has 26 heavy (non-hydrogen) atoms. The van der Waals surface area contributed by atoms with Crippen LogP contribution in [0, 0.1) is 0 Å². The van der Waals surface area contributed by atoms with Gasteiger partial charge in [0.05, 0.1) is 12.9 Å². The van der Waals surface area contributed by atoms with Crippen molar-refractivity contribution in [2.45, 2.75) is 17.7 Å². The van der Waals surface area contributed by atoms with Crippen LogP contribution in [0.25, 0.3) is 0 Å². The van der Waals surface area contributed by atoms with Crippen LogP contribution in [0.3, 0.4) is 0 Å². The average molecular weight is 391 g/mol. The number of nitrogens with zero attached hydrogens (tertiary/aromatic N) is 1. The van der Waals surface area contributed by atoms with E-state index in [2.05, 4.69) is 5.32 Å². The molecular weight excluding hydrogens is 372 g/mol. The van der Waals surface area contributed by atoms with Crippen molar-refractivity contribution in [3.8, 4) is 5.75 Å². The molecule has 2 amide bonds. The molecule has 7 heteroatoms. The van der Waals surface area contributed by atoms with Crippen LogP contribution in [0.2, 0.25) is 0 Å². The summed E-state index contributed by atoms with van der Waals surface area (Å²) >= 11 is 7.37. The van der Waals surface area contributed by atoms with E-state index < -0.39 is 5.38 Å². The highest BCUT2D eigenvalue weighted by molar-refractivity contribution is 8.00. The molecule has 1 saturated heterocycles. The minimum absolute atomic E-state index is 0.0390. The molecule has 1 aliphatic heterocycles. The largest absolute Gasteiger partial charge is 0.497 e. The van der Waals surface area contributed by atoms with E-state index >= 15 is 0 Å². The fourth-order valence-corrected chi connectivity index (χ4v) is 3.94. The highest BCUT2D eigenvalue weighted by atomic mass is 35.5. The molecule has 3 rings (SSSR count). The number of hydrogen-bond acceptors (Lipinski definition) is 4. The number of thioether (sulfide) groups is 1. The van der Waals surface area contributed by atoms with Crippen LogP contribution in [-0.4, -0.2) is 30.1 Å². The Bertz CT molecular complexity index is 828. The van der Waals surface area contributed by atoms with Crippen molar-refractivity contribution >= 4 is 46.6 Å². The number of carbonyl (C=O) groups excluding carboxylic acids is 2. The zero-order valence-corrected chi connectivity index (χ0v) is 16.0. The van der Waals surface area contributed by atoms with E-state index in [0.717, 1.165) is 11.3 Å². The summed E-state index contributed by atoms with van der Waals surface area (Å²) in [6.07, 6.45) is 0. The maximum Gasteiger partial charge on any atom is 0.242 e. The first-order valence-electron chi connectivity index (χ1n) is 8.12. The van der Waals surface area contributed by atoms with E-state index in [1.807, 2.05) is 42.5 Å². The molecule has 2 aromatic rings. The third-order valence-corrected chi connectivity index (χ3v) is 5.41. The predicted molar refractivity (Wildman–Crippen MR) is 106 cm³/mol. The third-order valence-electron chi connectivity index (χ3n) is 4.00. The fourth-order valence-electron chi connectivity index (χ4n) is 2.72. The number of methoxy groups -OCH3 is 1. The Morgan fingerprint density at radius 1 is 1.31 bits per heavy atom. The molecule has 1 fully saturated rings. The number of ether oxygens (including phenoxy) is 1. The van der Waals surface area contributed by atoms with Gasteiger partial charge < -0.3 is 10.1 Å². The van der Waals surface area contributed by atoms with Gasteiger partial charge in [-0.1, -0.05) is 18.2 Å². The number of alkyl halides is 1. The Labute approximate surface area is 161 Å². The van der Waals surface area contributed by atoms with Gasteiger partial charge in [-0.05, 0) is 36.8 Å². The van der Waals surface area contributed by atoms with Crippen molar-refractivity contribution in [1.29, 1.82) is 0 Å². The number of carbonyl (C=O) groups is 2. The first-order valence-corrected chi connectivity index (χ1v) is 9.60. The monoisotopic (exact) mass is 390 g/mol. The molecule has 1 N–H and O–H groups in total. The van der Waals surface area contributed by atoms with E-state index in [1.165, 1.54) is 0 Å². The lowest BCUT2D eigenvalue weighted by atomic mass is 10.1. The van der Waals surface area contributed by atoms with Gasteiger partial charge in [-0.2, -0.15) is 0 Å². The number of halogens is 1. The van der Waals surface area contributed by atoms with E-state index in [1.54, 1.807) is 36.8 Å². The minimum Gasteiger partial charge on any atom is -0.497 e.